The van der Waals surface area contributed by atoms with Crippen LogP contribution in [0.15, 0.2) is 184 Å². The second-order valence-corrected chi connectivity index (χ2v) is 43.5. The van der Waals surface area contributed by atoms with Gasteiger partial charge in [0.15, 0.2) is 34.9 Å². The number of anilines is 5. The lowest BCUT2D eigenvalue weighted by atomic mass is 9.73. The number of carbonyl (C=O) groups excluding carboxylic acids is 2. The van der Waals surface area contributed by atoms with Gasteiger partial charge >= 0.3 is 18.2 Å². The summed E-state index contributed by atoms with van der Waals surface area (Å²) in [6.07, 6.45) is 31.5. The fourth-order valence-corrected chi connectivity index (χ4v) is 20.8. The van der Waals surface area contributed by atoms with Crippen molar-refractivity contribution in [2.45, 2.75) is 117 Å². The van der Waals surface area contributed by atoms with Crippen LogP contribution in [0.1, 0.15) is 116 Å². The highest BCUT2D eigenvalue weighted by molar-refractivity contribution is 7.88. The molecular formula is C101H110Cl4F4N30O8S. The number of aliphatic carboxylic acids is 1. The van der Waals surface area contributed by atoms with Crippen molar-refractivity contribution in [3.05, 3.63) is 221 Å². The number of carbonyl (C=O) groups is 3. The summed E-state index contributed by atoms with van der Waals surface area (Å²) in [7, 11) is 0.0750. The van der Waals surface area contributed by atoms with Gasteiger partial charge in [-0.25, -0.2) is 91.7 Å². The molecule has 6 saturated heterocycles. The Morgan fingerprint density at radius 1 is 0.547 bits per heavy atom. The number of carboxylic acids is 1. The molecular weight excluding hydrogens is 2010 g/mol. The number of likely N-dealkylation sites (tertiary alicyclic amines) is 1. The Morgan fingerprint density at radius 3 is 1.54 bits per heavy atom. The molecule has 47 heteroatoms. The number of primary amides is 1. The van der Waals surface area contributed by atoms with Crippen molar-refractivity contribution in [2.24, 2.45) is 40.2 Å². The van der Waals surface area contributed by atoms with E-state index in [0.29, 0.717) is 93.7 Å². The third-order valence-electron chi connectivity index (χ3n) is 27.4. The molecule has 2 unspecified atom stereocenters. The van der Waals surface area contributed by atoms with Gasteiger partial charge in [0.05, 0.1) is 105 Å². The van der Waals surface area contributed by atoms with E-state index in [1.807, 2.05) is 129 Å². The number of rotatable bonds is 18. The maximum Gasteiger partial charge on any atom is 0.417 e. The number of nitrogens with zero attached hydrogens (tertiary/aromatic N) is 28. The first kappa shape index (κ1) is 104. The van der Waals surface area contributed by atoms with Gasteiger partial charge < -0.3 is 49.7 Å². The number of nitrogens with two attached hydrogens (primary N) is 1. The minimum Gasteiger partial charge on any atom is -0.481 e. The van der Waals surface area contributed by atoms with E-state index in [9.17, 15) is 45.5 Å². The van der Waals surface area contributed by atoms with Crippen molar-refractivity contribution in [2.75, 3.05) is 130 Å². The molecule has 0 bridgehead atoms. The maximum absolute atomic E-state index is 14.4. The molecule has 1 spiro atoms. The summed E-state index contributed by atoms with van der Waals surface area (Å²) >= 11 is 24.6. The molecule has 148 heavy (non-hydrogen) atoms. The van der Waals surface area contributed by atoms with Crippen LogP contribution in [0.4, 0.5) is 51.6 Å². The normalized spacial score (nSPS) is 18.2. The zero-order valence-electron chi connectivity index (χ0n) is 82.6. The van der Waals surface area contributed by atoms with Crippen molar-refractivity contribution >= 4 is 132 Å². The third-order valence-corrected chi connectivity index (χ3v) is 29.6. The third kappa shape index (κ3) is 23.7. The number of alkyl halides is 3. The summed E-state index contributed by atoms with van der Waals surface area (Å²) in [5, 5.41) is 19.1. The molecule has 0 aromatic carbocycles. The number of ether oxygens (including phenoxy) is 2. The number of fused-ring (bicyclic) bond motifs is 5. The van der Waals surface area contributed by atoms with Gasteiger partial charge in [0.25, 0.3) is 0 Å². The van der Waals surface area contributed by atoms with E-state index in [0.717, 1.165) is 191 Å². The van der Waals surface area contributed by atoms with Crippen molar-refractivity contribution in [1.82, 2.24) is 116 Å². The van der Waals surface area contributed by atoms with Gasteiger partial charge in [-0.2, -0.15) is 23.3 Å². The number of sulfonamides is 1. The molecule has 6 aliphatic rings. The number of nitrogens with one attached hydrogen (secondary N) is 1. The lowest BCUT2D eigenvalue weighted by molar-refractivity contribution is -0.150. The van der Waals surface area contributed by atoms with E-state index < -0.39 is 56.4 Å². The molecule has 6 fully saturated rings. The van der Waals surface area contributed by atoms with Crippen LogP contribution in [0.5, 0.6) is 5.88 Å². The molecule has 16 aromatic heterocycles. The molecule has 38 nitrogen and oxygen atoms in total. The molecule has 5 atom stereocenters. The number of amides is 2. The first-order valence-corrected chi connectivity index (χ1v) is 51.8. The highest BCUT2D eigenvalue weighted by atomic mass is 35.5. The topological polar surface area (TPSA) is 417 Å². The second kappa shape index (κ2) is 43.3. The maximum atomic E-state index is 14.4. The van der Waals surface area contributed by atoms with Crippen LogP contribution in [-0.4, -0.2) is 259 Å². The number of imidazole rings is 5. The number of piperidine rings is 5. The minimum atomic E-state index is -4.53. The number of hydrogen-bond donors (Lipinski definition) is 3. The molecule has 22 heterocycles. The van der Waals surface area contributed by atoms with Crippen LogP contribution < -0.4 is 35.0 Å². The standard InChI is InChI=1S/C23H27ClN6O2.C21H22ClN7O.C20H22ClN5O2.C19H23ClN6O2S.C18H16F4N6O/c1-22(2,3)32-21(31)29-14-23(15-29)8-4-10-28(13-23)19-7-9-25-20(27-19)17-11-26-18-6-5-16(24)12-30(17)18;1-13-5-14(15-7-24-25-8-15)11-28(10-13)21-26-17(6-20(27-21)30-2)18-9-23-19-4-3-16(22)12-29(18)19;1-20(2,19(27)28)13-4-3-9-25(11-13)17-7-8-22-18(24-17)15-10-23-16-6-5-14(21)12-26(15)16;1-24(29(2,27)28)11-14-4-3-9-25(12-14)18-7-8-21-19(23-18)16-10-22-17-6-5-15(20)13-26(16)17;19-12-6-25-16(26-17(12)27-5-1-2-10(8-27)15(23)29)13-7-24-14-4-3-11(9-28(13)14)18(20,21)22/h5-7,9,11-12H,4,8,10,13-15H2,1-3H3;3-4,6-9,12-14H,5,10-11H2,1-2H3,(H,24,25);5-8,10,12-13H,3-4,9,11H2,1-2H3,(H,27,28);5-8,10,13-14H,3-4,9,11-12H2,1-2H3;3-4,6-7,9-10H,1-2,5,8H2,(H2,23,29)/t;13-,14+;;;10-/m.0..1/s1. The van der Waals surface area contributed by atoms with E-state index >= 15 is 0 Å². The first-order valence-electron chi connectivity index (χ1n) is 48.4. The number of aromatic amines is 1. The Bertz CT molecular complexity index is 7650. The average Bonchev–Trinajstić information content (AvgIpc) is 1.06. The Hall–Kier alpha value is -14.1. The van der Waals surface area contributed by atoms with Crippen LogP contribution in [0, 0.1) is 40.3 Å². The van der Waals surface area contributed by atoms with Crippen molar-refractivity contribution < 1.29 is 54.9 Å². The Labute approximate surface area is 869 Å². The van der Waals surface area contributed by atoms with Gasteiger partial charge in [0.1, 0.15) is 74.1 Å². The summed E-state index contributed by atoms with van der Waals surface area (Å²) in [5.74, 6) is 4.30. The van der Waals surface area contributed by atoms with Crippen molar-refractivity contribution in [3.8, 4) is 63.3 Å². The quantitative estimate of drug-likeness (QED) is 0.0672. The predicted octanol–water partition coefficient (Wildman–Crippen LogP) is 17.1. The lowest BCUT2D eigenvalue weighted by Gasteiger charge is -2.54. The van der Waals surface area contributed by atoms with Gasteiger partial charge in [0.2, 0.25) is 27.8 Å². The van der Waals surface area contributed by atoms with Gasteiger partial charge in [-0.05, 0) is 195 Å². The molecule has 0 aliphatic carbocycles. The summed E-state index contributed by atoms with van der Waals surface area (Å²) in [4.78, 5) is 115. The van der Waals surface area contributed by atoms with Gasteiger partial charge in [-0.15, -0.1) is 0 Å². The molecule has 0 radical (unpaired) electrons. The fraction of sp³-hybridized carbons (Fsp3) is 0.396. The summed E-state index contributed by atoms with van der Waals surface area (Å²) in [6, 6.07) is 24.4. The number of halogens is 8. The lowest BCUT2D eigenvalue weighted by Crippen LogP contribution is -2.64. The number of methoxy groups -OCH3 is 1. The Balaban J connectivity index is 0.000000121. The zero-order valence-corrected chi connectivity index (χ0v) is 86.4. The second-order valence-electron chi connectivity index (χ2n) is 39.7. The Kier molecular flexibility index (Phi) is 30.4. The van der Waals surface area contributed by atoms with Crippen LogP contribution in [0.25, 0.3) is 85.7 Å². The minimum absolute atomic E-state index is 0.0226. The van der Waals surface area contributed by atoms with Crippen molar-refractivity contribution in [1.29, 1.82) is 0 Å². The van der Waals surface area contributed by atoms with E-state index in [1.165, 1.54) is 32.8 Å². The van der Waals surface area contributed by atoms with Crippen LogP contribution >= 0.6 is 46.4 Å². The highest BCUT2D eigenvalue weighted by Crippen LogP contribution is 2.44. The molecule has 16 aromatic rings. The molecule has 22 rings (SSSR count). The average molecular weight is 2120 g/mol. The fourth-order valence-electron chi connectivity index (χ4n) is 19.7. The summed E-state index contributed by atoms with van der Waals surface area (Å²) in [6.45, 7) is 20.9. The number of carboxylic acid groups (broad SMARTS) is 1. The van der Waals surface area contributed by atoms with Gasteiger partial charge in [-0.1, -0.05) is 53.3 Å². The van der Waals surface area contributed by atoms with Crippen LogP contribution in [0.2, 0.25) is 20.1 Å². The van der Waals surface area contributed by atoms with Crippen molar-refractivity contribution in [3.63, 3.8) is 0 Å². The van der Waals surface area contributed by atoms with Gasteiger partial charge in [-0.3, -0.25) is 36.7 Å². The number of H-pyrrole nitrogens is 1. The van der Waals surface area contributed by atoms with Crippen LogP contribution in [-0.2, 0) is 30.5 Å². The van der Waals surface area contributed by atoms with Gasteiger partial charge in [0, 0.05) is 165 Å². The zero-order chi connectivity index (χ0) is 104. The SMILES string of the molecule is CC(C)(C(=O)O)C1CCCN(c2ccnc(-c3cnc4ccc(Cl)cn34)n2)C1.CC(C)(C)OC(=O)N1CC2(CCCN(c3ccnc(-c4cnc5ccc(Cl)cn45)n3)C2)C1.CN(CC1CCCN(c2ccnc(-c3cnc4ccc(Cl)cn34)n2)C1)S(C)(=O)=O.COc1cc(-c2cnc3ccc(Cl)cn23)nc(N2C[C@@H](C)C[C@@H](c3cn[nH]c3)C2)n1.NC(=O)[C@@H]1CCCN(c2nc(-c3cnc4ccc(C(F)(F)F)cn34)ncc2F)C1. The van der Waals surface area contributed by atoms with Crippen LogP contribution in [0.3, 0.4) is 0 Å². The number of hydrogen-bond acceptors (Lipinski definition) is 28. The molecule has 0 saturated carbocycles. The largest absolute Gasteiger partial charge is 0.481 e. The number of aromatic nitrogens is 22. The van der Waals surface area contributed by atoms with E-state index in [2.05, 4.69) is 91.5 Å². The molecule has 2 amide bonds. The first-order chi connectivity index (χ1) is 70.7. The molecule has 774 valence electrons. The smallest absolute Gasteiger partial charge is 0.417 e. The van der Waals surface area contributed by atoms with E-state index in [4.69, 9.17) is 81.5 Å². The Morgan fingerprint density at radius 2 is 1.03 bits per heavy atom. The molecule has 6 aliphatic heterocycles. The van der Waals surface area contributed by atoms with E-state index in [1.54, 1.807) is 101 Å². The monoisotopic (exact) mass is 2120 g/mol. The summed E-state index contributed by atoms with van der Waals surface area (Å²) in [5.41, 5.74) is 12.1. The highest BCUT2D eigenvalue weighted by Gasteiger charge is 2.49. The predicted molar refractivity (Wildman–Crippen MR) is 555 cm³/mol. The summed E-state index contributed by atoms with van der Waals surface area (Å²) < 4.78 is 98.3. The van der Waals surface area contributed by atoms with E-state index in [-0.39, 0.29) is 52.9 Å². The molecule has 4 N–H and O–H groups in total. The number of pyridine rings is 5.